The van der Waals surface area contributed by atoms with Crippen molar-refractivity contribution >= 4 is 22.8 Å². The van der Waals surface area contributed by atoms with Gasteiger partial charge in [0.2, 0.25) is 5.91 Å². The van der Waals surface area contributed by atoms with Gasteiger partial charge in [-0.05, 0) is 43.0 Å². The van der Waals surface area contributed by atoms with Gasteiger partial charge in [0.1, 0.15) is 11.9 Å². The summed E-state index contributed by atoms with van der Waals surface area (Å²) in [4.78, 5) is 35.7. The largest absolute Gasteiger partial charge is 0.345 e. The van der Waals surface area contributed by atoms with Crippen LogP contribution in [0.5, 0.6) is 0 Å². The molecule has 6 nitrogen and oxygen atoms in total. The highest BCUT2D eigenvalue weighted by atomic mass is 16.2. The monoisotopic (exact) mass is 390 g/mol. The minimum atomic E-state index is -0.512. The lowest BCUT2D eigenvalue weighted by molar-refractivity contribution is -0.127. The lowest BCUT2D eigenvalue weighted by Crippen LogP contribution is -2.48. The van der Waals surface area contributed by atoms with Crippen molar-refractivity contribution in [2.45, 2.75) is 45.8 Å². The van der Waals surface area contributed by atoms with E-state index in [1.807, 2.05) is 55.5 Å². The molecular formula is C23H26N4O2. The number of aromatic amines is 1. The zero-order valence-electron chi connectivity index (χ0n) is 17.0. The van der Waals surface area contributed by atoms with Crippen molar-refractivity contribution in [1.29, 1.82) is 0 Å². The van der Waals surface area contributed by atoms with Crippen LogP contribution in [0.4, 0.5) is 0 Å². The van der Waals surface area contributed by atoms with Gasteiger partial charge in [0.15, 0.2) is 0 Å². The number of benzene rings is 2. The smallest absolute Gasteiger partial charge is 0.255 e. The molecule has 0 aliphatic carbocycles. The highest BCUT2D eigenvalue weighted by molar-refractivity contribution is 6.01. The van der Waals surface area contributed by atoms with Crippen molar-refractivity contribution in [3.05, 3.63) is 65.5 Å². The minimum Gasteiger partial charge on any atom is -0.345 e. The van der Waals surface area contributed by atoms with Crippen LogP contribution in [0.3, 0.4) is 0 Å². The third kappa shape index (κ3) is 3.75. The third-order valence-electron chi connectivity index (χ3n) is 5.40. The Morgan fingerprint density at radius 3 is 2.59 bits per heavy atom. The van der Waals surface area contributed by atoms with E-state index in [9.17, 15) is 9.59 Å². The molecule has 0 saturated heterocycles. The maximum atomic E-state index is 13.2. The van der Waals surface area contributed by atoms with Crippen LogP contribution in [0.15, 0.2) is 48.5 Å². The van der Waals surface area contributed by atoms with Crippen molar-refractivity contribution in [1.82, 2.24) is 20.2 Å². The van der Waals surface area contributed by atoms with Crippen LogP contribution in [0.25, 0.3) is 11.0 Å². The van der Waals surface area contributed by atoms with E-state index < -0.39 is 6.04 Å². The van der Waals surface area contributed by atoms with Gasteiger partial charge in [-0.15, -0.1) is 0 Å². The maximum Gasteiger partial charge on any atom is 0.255 e. The number of hydrogen-bond acceptors (Lipinski definition) is 3. The number of nitrogens with zero attached hydrogens (tertiary/aromatic N) is 2. The van der Waals surface area contributed by atoms with Gasteiger partial charge in [-0.2, -0.15) is 0 Å². The normalized spacial score (nSPS) is 15.6. The number of aromatic nitrogens is 2. The van der Waals surface area contributed by atoms with E-state index in [0.717, 1.165) is 16.6 Å². The van der Waals surface area contributed by atoms with Gasteiger partial charge >= 0.3 is 0 Å². The van der Waals surface area contributed by atoms with Crippen LogP contribution < -0.4 is 5.32 Å². The summed E-state index contributed by atoms with van der Waals surface area (Å²) in [7, 11) is 0. The molecule has 2 atom stereocenters. The summed E-state index contributed by atoms with van der Waals surface area (Å²) in [5, 5.41) is 3.06. The van der Waals surface area contributed by atoms with Crippen molar-refractivity contribution in [2.75, 3.05) is 0 Å². The van der Waals surface area contributed by atoms with Crippen molar-refractivity contribution < 1.29 is 9.59 Å². The molecule has 4 rings (SSSR count). The molecule has 2 amide bonds. The molecule has 1 aliphatic heterocycles. The number of carbonyl (C=O) groups excluding carboxylic acids is 2. The lowest BCUT2D eigenvalue weighted by Gasteiger charge is -2.29. The number of fused-ring (bicyclic) bond motifs is 2. The van der Waals surface area contributed by atoms with E-state index in [4.69, 9.17) is 0 Å². The molecule has 150 valence electrons. The SMILES string of the molecule is CC(C)C[C@H](C(=O)N[C@H](C)c1nc2ccccc2[nH]1)N1Cc2ccccc2C1=O. The Hall–Kier alpha value is -3.15. The fourth-order valence-electron chi connectivity index (χ4n) is 3.91. The number of imidazole rings is 1. The second-order valence-electron chi connectivity index (χ2n) is 8.11. The van der Waals surface area contributed by atoms with Crippen molar-refractivity contribution in [2.24, 2.45) is 5.92 Å². The summed E-state index contributed by atoms with van der Waals surface area (Å²) >= 11 is 0. The van der Waals surface area contributed by atoms with E-state index in [0.29, 0.717) is 24.4 Å². The molecule has 0 bridgehead atoms. The van der Waals surface area contributed by atoms with Gasteiger partial charge in [-0.25, -0.2) is 4.98 Å². The first kappa shape index (κ1) is 19.2. The summed E-state index contributed by atoms with van der Waals surface area (Å²) in [6, 6.07) is 14.6. The first-order valence-corrected chi connectivity index (χ1v) is 10.1. The van der Waals surface area contributed by atoms with Crippen LogP contribution in [0.2, 0.25) is 0 Å². The van der Waals surface area contributed by atoms with Crippen molar-refractivity contribution in [3.8, 4) is 0 Å². The Kier molecular flexibility index (Phi) is 5.09. The number of carbonyl (C=O) groups is 2. The zero-order chi connectivity index (χ0) is 20.5. The number of para-hydroxylation sites is 2. The molecule has 2 N–H and O–H groups in total. The Morgan fingerprint density at radius 1 is 1.14 bits per heavy atom. The van der Waals surface area contributed by atoms with Gasteiger partial charge < -0.3 is 15.2 Å². The number of rotatable bonds is 6. The summed E-state index contributed by atoms with van der Waals surface area (Å²) in [6.45, 7) is 6.51. The van der Waals surface area contributed by atoms with E-state index in [-0.39, 0.29) is 23.8 Å². The summed E-state index contributed by atoms with van der Waals surface area (Å²) in [5.74, 6) is 0.772. The molecule has 0 saturated carbocycles. The van der Waals surface area contributed by atoms with Crippen LogP contribution >= 0.6 is 0 Å². The number of H-pyrrole nitrogens is 1. The highest BCUT2D eigenvalue weighted by Gasteiger charge is 2.37. The fraction of sp³-hybridized carbons (Fsp3) is 0.348. The average Bonchev–Trinajstić information content (AvgIpc) is 3.28. The zero-order valence-corrected chi connectivity index (χ0v) is 17.0. The predicted molar refractivity (Wildman–Crippen MR) is 112 cm³/mol. The number of hydrogen-bond donors (Lipinski definition) is 2. The average molecular weight is 390 g/mol. The number of amides is 2. The van der Waals surface area contributed by atoms with E-state index in [2.05, 4.69) is 29.1 Å². The highest BCUT2D eigenvalue weighted by Crippen LogP contribution is 2.27. The number of nitrogens with one attached hydrogen (secondary N) is 2. The molecule has 0 spiro atoms. The summed E-state index contributed by atoms with van der Waals surface area (Å²) in [5.41, 5.74) is 3.48. The van der Waals surface area contributed by atoms with E-state index >= 15 is 0 Å². The first-order chi connectivity index (χ1) is 13.9. The van der Waals surface area contributed by atoms with Crippen LogP contribution in [0.1, 0.15) is 55.0 Å². The van der Waals surface area contributed by atoms with Gasteiger partial charge in [-0.1, -0.05) is 44.2 Å². The molecule has 3 aromatic rings. The van der Waals surface area contributed by atoms with Gasteiger partial charge in [0, 0.05) is 12.1 Å². The van der Waals surface area contributed by atoms with Crippen molar-refractivity contribution in [3.63, 3.8) is 0 Å². The molecule has 1 aliphatic rings. The lowest BCUT2D eigenvalue weighted by atomic mass is 10.0. The third-order valence-corrected chi connectivity index (χ3v) is 5.40. The molecule has 29 heavy (non-hydrogen) atoms. The summed E-state index contributed by atoms with van der Waals surface area (Å²) in [6.07, 6.45) is 0.610. The molecule has 0 fully saturated rings. The molecule has 0 radical (unpaired) electrons. The second-order valence-corrected chi connectivity index (χ2v) is 8.11. The molecular weight excluding hydrogens is 364 g/mol. The minimum absolute atomic E-state index is 0.0715. The quantitative estimate of drug-likeness (QED) is 0.672. The van der Waals surface area contributed by atoms with Crippen LogP contribution in [-0.2, 0) is 11.3 Å². The van der Waals surface area contributed by atoms with Gasteiger partial charge in [0.05, 0.1) is 17.1 Å². The fourth-order valence-corrected chi connectivity index (χ4v) is 3.91. The maximum absolute atomic E-state index is 13.2. The summed E-state index contributed by atoms with van der Waals surface area (Å²) < 4.78 is 0. The van der Waals surface area contributed by atoms with Crippen LogP contribution in [-0.4, -0.2) is 32.7 Å². The Labute approximate surface area is 170 Å². The van der Waals surface area contributed by atoms with Gasteiger partial charge in [0.25, 0.3) is 5.91 Å². The van der Waals surface area contributed by atoms with Crippen LogP contribution in [0, 0.1) is 5.92 Å². The van der Waals surface area contributed by atoms with Gasteiger partial charge in [-0.3, -0.25) is 9.59 Å². The first-order valence-electron chi connectivity index (χ1n) is 10.1. The van der Waals surface area contributed by atoms with E-state index in [1.165, 1.54) is 0 Å². The molecule has 1 aromatic heterocycles. The Bertz CT molecular complexity index is 1020. The topological polar surface area (TPSA) is 78.1 Å². The molecule has 2 aromatic carbocycles. The van der Waals surface area contributed by atoms with E-state index in [1.54, 1.807) is 4.90 Å². The molecule has 6 heteroatoms. The molecule has 0 unspecified atom stereocenters. The second kappa shape index (κ2) is 7.70. The standard InChI is InChI=1S/C23H26N4O2/c1-14(2)12-20(27-13-16-8-4-5-9-17(16)23(27)29)22(28)24-15(3)21-25-18-10-6-7-11-19(18)26-21/h4-11,14-15,20H,12-13H2,1-3H3,(H,24,28)(H,25,26)/t15-,20-/m1/s1. The Balaban J connectivity index is 1.54. The Morgan fingerprint density at radius 2 is 1.86 bits per heavy atom. The predicted octanol–water partition coefficient (Wildman–Crippen LogP) is 3.81. The molecule has 2 heterocycles.